The lowest BCUT2D eigenvalue weighted by atomic mass is 9.79. The van der Waals surface area contributed by atoms with E-state index in [2.05, 4.69) is 6.58 Å². The summed E-state index contributed by atoms with van der Waals surface area (Å²) in [4.78, 5) is 12.3. The maximum absolute atomic E-state index is 12.3. The van der Waals surface area contributed by atoms with Crippen molar-refractivity contribution >= 4 is 5.91 Å². The standard InChI is InChI=1S/C13H24N2O/c1-9(2)11(16)14-10-7-12(3,4)15-13(5,6)8-10/h10,15H,1,7-8H2,2-6H3,(H,14,16)/i3D3,4D3,5D3,6D3,7D2,8D2. The molecular formula is C13H24N2O. The maximum atomic E-state index is 12.3. The van der Waals surface area contributed by atoms with Crippen LogP contribution >= 0.6 is 0 Å². The molecule has 1 aliphatic heterocycles. The largest absolute Gasteiger partial charge is 0.349 e. The molecule has 1 heterocycles. The SMILES string of the molecule is [2H]C([2H])([2H])C1(C([2H])([2H])[2H])NC(C([2H])([2H])[2H])(C([2H])([2H])[2H])C([2H])([2H])C(NC(=O)C(=C)C)C1([2H])[2H]. The Labute approximate surface area is 121 Å². The van der Waals surface area contributed by atoms with Crippen LogP contribution in [0.3, 0.4) is 0 Å². The summed E-state index contributed by atoms with van der Waals surface area (Å²) in [5, 5.41) is 3.25. The third-order valence-electron chi connectivity index (χ3n) is 1.76. The van der Waals surface area contributed by atoms with Gasteiger partial charge in [-0.2, -0.15) is 0 Å². The van der Waals surface area contributed by atoms with E-state index in [1.807, 2.05) is 0 Å². The van der Waals surface area contributed by atoms with Crippen molar-refractivity contribution in [3.63, 3.8) is 0 Å². The van der Waals surface area contributed by atoms with Gasteiger partial charge in [0.15, 0.2) is 0 Å². The van der Waals surface area contributed by atoms with Crippen LogP contribution in [0.5, 0.6) is 0 Å². The molecule has 0 aromatic rings. The van der Waals surface area contributed by atoms with Crippen molar-refractivity contribution in [3.05, 3.63) is 12.2 Å². The average molecular weight is 240 g/mol. The Morgan fingerprint density at radius 2 is 1.94 bits per heavy atom. The molecule has 0 unspecified atom stereocenters. The Morgan fingerprint density at radius 3 is 2.31 bits per heavy atom. The summed E-state index contributed by atoms with van der Waals surface area (Å²) in [6.45, 7) is -11.4. The van der Waals surface area contributed by atoms with Crippen LogP contribution in [0.15, 0.2) is 12.2 Å². The average Bonchev–Trinajstić information content (AvgIpc) is 2.45. The van der Waals surface area contributed by atoms with Crippen LogP contribution in [-0.2, 0) is 4.79 Å². The topological polar surface area (TPSA) is 41.1 Å². The van der Waals surface area contributed by atoms with Crippen LogP contribution in [0, 0.1) is 0 Å². The summed E-state index contributed by atoms with van der Waals surface area (Å²) in [6.07, 6.45) is -7.53. The van der Waals surface area contributed by atoms with Gasteiger partial charge in [-0.25, -0.2) is 0 Å². The lowest BCUT2D eigenvalue weighted by Crippen LogP contribution is -2.62. The third kappa shape index (κ3) is 3.63. The van der Waals surface area contributed by atoms with Crippen LogP contribution in [0.4, 0.5) is 0 Å². The molecule has 1 rings (SSSR count). The first kappa shape index (κ1) is 3.14. The first-order valence-electron chi connectivity index (χ1n) is 12.4. The molecule has 92 valence electrons. The molecule has 16 heavy (non-hydrogen) atoms. The van der Waals surface area contributed by atoms with Crippen LogP contribution in [-0.4, -0.2) is 23.0 Å². The van der Waals surface area contributed by atoms with E-state index in [4.69, 9.17) is 21.9 Å². The van der Waals surface area contributed by atoms with Crippen molar-refractivity contribution in [3.8, 4) is 0 Å². The van der Waals surface area contributed by atoms with E-state index in [9.17, 15) is 4.79 Å². The maximum Gasteiger partial charge on any atom is 0.246 e. The van der Waals surface area contributed by atoms with E-state index < -0.39 is 63.2 Å². The minimum Gasteiger partial charge on any atom is -0.349 e. The number of carbonyl (C=O) groups excluding carboxylic acids is 1. The van der Waals surface area contributed by atoms with Gasteiger partial charge in [-0.1, -0.05) is 6.58 Å². The van der Waals surface area contributed by atoms with Crippen LogP contribution in [0.25, 0.3) is 0 Å². The zero-order chi connectivity index (χ0) is 26.1. The van der Waals surface area contributed by atoms with Crippen LogP contribution in [0.2, 0.25) is 0 Å². The summed E-state index contributed by atoms with van der Waals surface area (Å²) in [5.41, 5.74) is -8.18. The summed E-state index contributed by atoms with van der Waals surface area (Å²) < 4.78 is 127. The van der Waals surface area contributed by atoms with Crippen LogP contribution in [0.1, 0.15) is 69.0 Å². The first-order valence-corrected chi connectivity index (χ1v) is 4.42. The number of carbonyl (C=O) groups is 1. The van der Waals surface area contributed by atoms with Crippen molar-refractivity contribution in [1.82, 2.24) is 10.6 Å². The highest BCUT2D eigenvalue weighted by Crippen LogP contribution is 2.28. The number of hydrogen-bond donors (Lipinski definition) is 2. The molecule has 0 aromatic heterocycles. The van der Waals surface area contributed by atoms with Crippen molar-refractivity contribution < 1.29 is 26.7 Å². The van der Waals surface area contributed by atoms with Gasteiger partial charge in [0.1, 0.15) is 0 Å². The Balaban J connectivity index is 4.34. The predicted octanol–water partition coefficient (Wildman–Crippen LogP) is 1.99. The van der Waals surface area contributed by atoms with E-state index in [0.717, 1.165) is 6.92 Å². The minimum atomic E-state index is -3.94. The highest BCUT2D eigenvalue weighted by molar-refractivity contribution is 5.92. The Morgan fingerprint density at radius 1 is 1.44 bits per heavy atom. The normalized spacial score (nSPS) is 48.1. The molecule has 1 saturated heterocycles. The summed E-state index contributed by atoms with van der Waals surface area (Å²) in [5.74, 6) is -1.26. The number of amides is 1. The van der Waals surface area contributed by atoms with Crippen LogP contribution < -0.4 is 10.6 Å². The summed E-state index contributed by atoms with van der Waals surface area (Å²) in [7, 11) is 0. The number of hydrogen-bond acceptors (Lipinski definition) is 2. The predicted molar refractivity (Wildman–Crippen MR) is 67.3 cm³/mol. The lowest BCUT2D eigenvalue weighted by molar-refractivity contribution is -0.118. The van der Waals surface area contributed by atoms with Gasteiger partial charge in [-0.05, 0) is 47.1 Å². The van der Waals surface area contributed by atoms with E-state index in [-0.39, 0.29) is 5.57 Å². The minimum absolute atomic E-state index is 0.336. The van der Waals surface area contributed by atoms with Gasteiger partial charge < -0.3 is 10.6 Å². The second-order valence-corrected chi connectivity index (χ2v) is 3.60. The van der Waals surface area contributed by atoms with E-state index in [1.165, 1.54) is 5.32 Å². The fraction of sp³-hybridized carbons (Fsp3) is 0.769. The van der Waals surface area contributed by atoms with Gasteiger partial charge in [0.05, 0.1) is 0 Å². The van der Waals surface area contributed by atoms with Gasteiger partial charge >= 0.3 is 0 Å². The molecule has 0 radical (unpaired) electrons. The molecule has 0 saturated carbocycles. The zero-order valence-electron chi connectivity index (χ0n) is 24.7. The molecule has 0 bridgehead atoms. The second kappa shape index (κ2) is 4.21. The molecule has 0 aliphatic carbocycles. The van der Waals surface area contributed by atoms with Crippen molar-refractivity contribution in [2.75, 3.05) is 0 Å². The quantitative estimate of drug-likeness (QED) is 0.725. The molecule has 1 fully saturated rings. The molecule has 3 nitrogen and oxygen atoms in total. The van der Waals surface area contributed by atoms with Gasteiger partial charge in [-0.15, -0.1) is 0 Å². The lowest BCUT2D eigenvalue weighted by Gasteiger charge is -2.46. The summed E-state index contributed by atoms with van der Waals surface area (Å²) in [6, 6.07) is -2.85. The van der Waals surface area contributed by atoms with Crippen molar-refractivity contribution in [1.29, 1.82) is 0 Å². The van der Waals surface area contributed by atoms with Gasteiger partial charge in [-0.3, -0.25) is 4.79 Å². The molecule has 0 aromatic carbocycles. The van der Waals surface area contributed by atoms with E-state index in [0.29, 0.717) is 0 Å². The molecule has 1 amide bonds. The monoisotopic (exact) mass is 240 g/mol. The fourth-order valence-electron chi connectivity index (χ4n) is 1.15. The van der Waals surface area contributed by atoms with E-state index in [1.54, 1.807) is 5.32 Å². The van der Waals surface area contributed by atoms with Gasteiger partial charge in [0, 0.05) is 44.6 Å². The first-order chi connectivity index (χ1) is 13.7. The molecule has 2 N–H and O–H groups in total. The number of piperidine rings is 1. The zero-order valence-corrected chi connectivity index (χ0v) is 8.69. The fourth-order valence-corrected chi connectivity index (χ4v) is 1.15. The van der Waals surface area contributed by atoms with Gasteiger partial charge in [0.2, 0.25) is 5.91 Å². The summed E-state index contributed by atoms with van der Waals surface area (Å²) >= 11 is 0. The Hall–Kier alpha value is -0.830. The highest BCUT2D eigenvalue weighted by Gasteiger charge is 2.38. The third-order valence-corrected chi connectivity index (χ3v) is 1.76. The molecule has 3 heteroatoms. The van der Waals surface area contributed by atoms with E-state index >= 15 is 0 Å². The van der Waals surface area contributed by atoms with Crippen molar-refractivity contribution in [2.24, 2.45) is 0 Å². The molecule has 0 spiro atoms. The number of rotatable bonds is 2. The second-order valence-electron chi connectivity index (χ2n) is 3.60. The van der Waals surface area contributed by atoms with Crippen molar-refractivity contribution in [2.45, 2.75) is 64.2 Å². The molecular weight excluding hydrogens is 200 g/mol. The molecule has 1 aliphatic rings. The Bertz CT molecular complexity index is 693. The Kier molecular flexibility index (Phi) is 0.824. The van der Waals surface area contributed by atoms with Gasteiger partial charge in [0.25, 0.3) is 0 Å². The number of nitrogens with one attached hydrogen (secondary N) is 2. The highest BCUT2D eigenvalue weighted by atomic mass is 16.1. The smallest absolute Gasteiger partial charge is 0.246 e. The molecule has 0 atom stereocenters.